The van der Waals surface area contributed by atoms with Crippen LogP contribution in [0, 0.1) is 0 Å². The maximum atomic E-state index is 12.1. The van der Waals surface area contributed by atoms with Gasteiger partial charge in [-0.25, -0.2) is 13.1 Å². The molecule has 0 amide bonds. The summed E-state index contributed by atoms with van der Waals surface area (Å²) in [6.45, 7) is 1.17. The highest BCUT2D eigenvalue weighted by molar-refractivity contribution is 7.89. The van der Waals surface area contributed by atoms with Crippen LogP contribution in [0.1, 0.15) is 24.0 Å². The molecule has 0 bridgehead atoms. The summed E-state index contributed by atoms with van der Waals surface area (Å²) in [6, 6.07) is 9.84. The third-order valence-electron chi connectivity index (χ3n) is 4.38. The molecule has 156 valence electrons. The van der Waals surface area contributed by atoms with Crippen LogP contribution in [0.25, 0.3) is 0 Å². The van der Waals surface area contributed by atoms with E-state index in [1.807, 2.05) is 0 Å². The molecule has 0 saturated heterocycles. The minimum Gasteiger partial charge on any atom is -0.489 e. The Morgan fingerprint density at radius 3 is 2.59 bits per heavy atom. The van der Waals surface area contributed by atoms with Gasteiger partial charge in [-0.2, -0.15) is 0 Å². The lowest BCUT2D eigenvalue weighted by molar-refractivity contribution is -0.144. The Kier molecular flexibility index (Phi) is 7.00. The van der Waals surface area contributed by atoms with E-state index in [0.717, 1.165) is 12.0 Å². The predicted octanol–water partition coefficient (Wildman–Crippen LogP) is 3.09. The van der Waals surface area contributed by atoms with Gasteiger partial charge >= 0.3 is 5.97 Å². The van der Waals surface area contributed by atoms with Crippen LogP contribution in [-0.4, -0.2) is 34.6 Å². The minimum absolute atomic E-state index is 0.0779. The highest BCUT2D eigenvalue weighted by Gasteiger charge is 2.16. The lowest BCUT2D eigenvalue weighted by Gasteiger charge is -2.12. The number of nitrogens with one attached hydrogen (secondary N) is 1. The van der Waals surface area contributed by atoms with Crippen LogP contribution in [0.3, 0.4) is 0 Å². The predicted molar refractivity (Wildman–Crippen MR) is 108 cm³/mol. The molecule has 1 aliphatic rings. The van der Waals surface area contributed by atoms with E-state index in [2.05, 4.69) is 4.72 Å². The second kappa shape index (κ2) is 9.47. The fourth-order valence-electron chi connectivity index (χ4n) is 2.80. The minimum atomic E-state index is -3.47. The maximum absolute atomic E-state index is 12.1. The van der Waals surface area contributed by atoms with Crippen molar-refractivity contribution in [2.24, 2.45) is 0 Å². The zero-order chi connectivity index (χ0) is 20.9. The van der Waals surface area contributed by atoms with Gasteiger partial charge in [0.25, 0.3) is 0 Å². The molecule has 0 radical (unpaired) electrons. The highest BCUT2D eigenvalue weighted by Crippen LogP contribution is 2.38. The second-order valence-corrected chi connectivity index (χ2v) is 8.76. The van der Waals surface area contributed by atoms with Crippen molar-refractivity contribution in [3.8, 4) is 11.5 Å². The van der Waals surface area contributed by atoms with E-state index >= 15 is 0 Å². The molecule has 1 N–H and O–H groups in total. The van der Waals surface area contributed by atoms with Crippen molar-refractivity contribution < 1.29 is 27.4 Å². The Hall–Kier alpha value is -2.29. The monoisotopic (exact) mass is 439 g/mol. The molecule has 3 rings (SSSR count). The van der Waals surface area contributed by atoms with Crippen LogP contribution >= 0.6 is 11.6 Å². The van der Waals surface area contributed by atoms with Gasteiger partial charge in [0.1, 0.15) is 6.61 Å². The van der Waals surface area contributed by atoms with Crippen molar-refractivity contribution >= 4 is 27.6 Å². The molecule has 2 aromatic rings. The molecule has 0 aliphatic carbocycles. The molecule has 0 atom stereocenters. The third kappa shape index (κ3) is 5.62. The number of carbonyl (C=O) groups excluding carboxylic acids is 1. The number of rotatable bonds is 7. The summed E-state index contributed by atoms with van der Waals surface area (Å²) < 4.78 is 42.2. The molecule has 0 fully saturated rings. The van der Waals surface area contributed by atoms with Gasteiger partial charge in [0.15, 0.2) is 11.5 Å². The summed E-state index contributed by atoms with van der Waals surface area (Å²) in [4.78, 5) is 12.3. The van der Waals surface area contributed by atoms with E-state index in [1.54, 1.807) is 24.3 Å². The summed E-state index contributed by atoms with van der Waals surface area (Å²) in [5.41, 5.74) is 1.56. The number of aryl methyl sites for hydroxylation is 1. The maximum Gasteiger partial charge on any atom is 0.306 e. The molecule has 0 spiro atoms. The lowest BCUT2D eigenvalue weighted by atomic mass is 10.1. The van der Waals surface area contributed by atoms with Gasteiger partial charge in [-0.1, -0.05) is 23.7 Å². The summed E-state index contributed by atoms with van der Waals surface area (Å²) in [5.74, 6) is 0.709. The SMILES string of the molecule is CNS(=O)(=O)c1ccc(CCC(=O)OCc2cc(Cl)c3c(c2)OCCCO3)cc1. The highest BCUT2D eigenvalue weighted by atomic mass is 35.5. The molecular weight excluding hydrogens is 418 g/mol. The number of hydrogen-bond donors (Lipinski definition) is 1. The molecule has 1 aliphatic heterocycles. The topological polar surface area (TPSA) is 90.9 Å². The molecule has 9 heteroatoms. The number of benzene rings is 2. The molecular formula is C20H22ClNO6S. The quantitative estimate of drug-likeness (QED) is 0.666. The van der Waals surface area contributed by atoms with Crippen molar-refractivity contribution in [2.75, 3.05) is 20.3 Å². The van der Waals surface area contributed by atoms with E-state index in [-0.39, 0.29) is 23.9 Å². The van der Waals surface area contributed by atoms with E-state index in [4.69, 9.17) is 25.8 Å². The number of esters is 1. The van der Waals surface area contributed by atoms with Crippen molar-refractivity contribution in [1.29, 1.82) is 0 Å². The lowest BCUT2D eigenvalue weighted by Crippen LogP contribution is -2.18. The standard InChI is InChI=1S/C20H22ClNO6S/c1-22-29(24,25)16-6-3-14(4-7-16)5-8-19(23)28-13-15-11-17(21)20-18(12-15)26-9-2-10-27-20/h3-4,6-7,11-12,22H,2,5,8-10,13H2,1H3. The average molecular weight is 440 g/mol. The molecule has 2 aromatic carbocycles. The Bertz CT molecular complexity index is 975. The van der Waals surface area contributed by atoms with Gasteiger partial charge in [0.05, 0.1) is 23.1 Å². The van der Waals surface area contributed by atoms with E-state index in [0.29, 0.717) is 41.7 Å². The fourth-order valence-corrected chi connectivity index (χ4v) is 3.82. The molecule has 29 heavy (non-hydrogen) atoms. The smallest absolute Gasteiger partial charge is 0.306 e. The zero-order valence-electron chi connectivity index (χ0n) is 15.9. The summed E-state index contributed by atoms with van der Waals surface area (Å²) in [6.07, 6.45) is 1.40. The summed E-state index contributed by atoms with van der Waals surface area (Å²) in [5, 5.41) is 0.423. The van der Waals surface area contributed by atoms with Crippen molar-refractivity contribution in [2.45, 2.75) is 30.8 Å². The average Bonchev–Trinajstić information content (AvgIpc) is 2.97. The van der Waals surface area contributed by atoms with E-state index in [9.17, 15) is 13.2 Å². The second-order valence-electron chi connectivity index (χ2n) is 6.47. The van der Waals surface area contributed by atoms with Crippen molar-refractivity contribution in [3.05, 3.63) is 52.5 Å². The van der Waals surface area contributed by atoms with E-state index < -0.39 is 10.0 Å². The molecule has 7 nitrogen and oxygen atoms in total. The number of sulfonamides is 1. The first-order chi connectivity index (χ1) is 13.9. The zero-order valence-corrected chi connectivity index (χ0v) is 17.5. The Balaban J connectivity index is 1.53. The van der Waals surface area contributed by atoms with Crippen LogP contribution in [0.5, 0.6) is 11.5 Å². The van der Waals surface area contributed by atoms with Crippen LogP contribution < -0.4 is 14.2 Å². The van der Waals surface area contributed by atoms with Gasteiger partial charge in [-0.15, -0.1) is 0 Å². The number of hydrogen-bond acceptors (Lipinski definition) is 6. The molecule has 0 aromatic heterocycles. The van der Waals surface area contributed by atoms with Gasteiger partial charge in [0.2, 0.25) is 10.0 Å². The fraction of sp³-hybridized carbons (Fsp3) is 0.350. The Labute approximate surface area is 175 Å². The third-order valence-corrected chi connectivity index (χ3v) is 6.09. The van der Waals surface area contributed by atoms with Crippen molar-refractivity contribution in [3.63, 3.8) is 0 Å². The van der Waals surface area contributed by atoms with Crippen LogP contribution in [0.4, 0.5) is 0 Å². The number of halogens is 1. The first-order valence-corrected chi connectivity index (χ1v) is 11.0. The van der Waals surface area contributed by atoms with Gasteiger partial charge in [-0.3, -0.25) is 4.79 Å². The number of carbonyl (C=O) groups is 1. The van der Waals surface area contributed by atoms with Gasteiger partial charge in [0, 0.05) is 12.8 Å². The van der Waals surface area contributed by atoms with E-state index in [1.165, 1.54) is 19.2 Å². The van der Waals surface area contributed by atoms with Gasteiger partial charge < -0.3 is 14.2 Å². The van der Waals surface area contributed by atoms with Crippen LogP contribution in [0.2, 0.25) is 5.02 Å². The molecule has 0 unspecified atom stereocenters. The number of fused-ring (bicyclic) bond motifs is 1. The van der Waals surface area contributed by atoms with Crippen molar-refractivity contribution in [1.82, 2.24) is 4.72 Å². The summed E-state index contributed by atoms with van der Waals surface area (Å²) in [7, 11) is -2.11. The molecule has 1 heterocycles. The molecule has 0 saturated carbocycles. The largest absolute Gasteiger partial charge is 0.489 e. The summed E-state index contributed by atoms with van der Waals surface area (Å²) >= 11 is 6.24. The first kappa shape index (κ1) is 21.4. The first-order valence-electron chi connectivity index (χ1n) is 9.15. The number of ether oxygens (including phenoxy) is 3. The normalized spacial score (nSPS) is 13.6. The van der Waals surface area contributed by atoms with Crippen LogP contribution in [-0.2, 0) is 32.6 Å². The van der Waals surface area contributed by atoms with Gasteiger partial charge in [-0.05, 0) is 48.9 Å². The Morgan fingerprint density at radius 1 is 1.14 bits per heavy atom. The Morgan fingerprint density at radius 2 is 1.86 bits per heavy atom. The van der Waals surface area contributed by atoms with Crippen LogP contribution in [0.15, 0.2) is 41.3 Å².